The number of fused-ring (bicyclic) bond motifs is 2. The number of aromatic nitrogens is 5. The second kappa shape index (κ2) is 7.62. The molecular weight excluding hydrogens is 437 g/mol. The monoisotopic (exact) mass is 452 g/mol. The molecule has 0 saturated carbocycles. The van der Waals surface area contributed by atoms with Crippen molar-refractivity contribution in [2.24, 2.45) is 0 Å². The molecule has 1 amide bonds. The fraction of sp³-hybridized carbons (Fsp3) is 0.0909. The molecule has 0 spiro atoms. The molecule has 0 fully saturated rings. The predicted molar refractivity (Wildman–Crippen MR) is 114 cm³/mol. The molecule has 0 unspecified atom stereocenters. The number of anilines is 1. The molecule has 4 heterocycles. The summed E-state index contributed by atoms with van der Waals surface area (Å²) in [4.78, 5) is 16.9. The highest BCUT2D eigenvalue weighted by Gasteiger charge is 2.41. The summed E-state index contributed by atoms with van der Waals surface area (Å²) >= 11 is 0. The fourth-order valence-corrected chi connectivity index (χ4v) is 3.67. The van der Waals surface area contributed by atoms with Gasteiger partial charge in [-0.25, -0.2) is 14.2 Å². The van der Waals surface area contributed by atoms with E-state index in [9.17, 15) is 18.0 Å². The highest BCUT2D eigenvalue weighted by atomic mass is 19.4. The molecule has 0 bridgehead atoms. The van der Waals surface area contributed by atoms with E-state index in [1.165, 1.54) is 30.1 Å². The first kappa shape index (κ1) is 20.5. The lowest BCUT2D eigenvalue weighted by Gasteiger charge is -2.15. The number of benzene rings is 1. The third kappa shape index (κ3) is 3.53. The maximum atomic E-state index is 14.1. The first-order chi connectivity index (χ1) is 15.9. The van der Waals surface area contributed by atoms with Gasteiger partial charge in [0, 0.05) is 23.2 Å². The van der Waals surface area contributed by atoms with E-state index < -0.39 is 23.3 Å². The largest absolute Gasteiger partial charge is 0.481 e. The Morgan fingerprint density at radius 1 is 1.03 bits per heavy atom. The Morgan fingerprint density at radius 2 is 1.88 bits per heavy atom. The summed E-state index contributed by atoms with van der Waals surface area (Å²) in [7, 11) is 1.42. The number of rotatable bonds is 4. The summed E-state index contributed by atoms with van der Waals surface area (Å²) in [6.07, 6.45) is 0.563. The van der Waals surface area contributed by atoms with Crippen LogP contribution in [0.25, 0.3) is 22.0 Å². The second-order valence-corrected chi connectivity index (χ2v) is 7.08. The number of carbonyl (C=O) groups excluding carboxylic acids is 1. The number of halogens is 3. The SMILES string of the molecule is COc1nccc2c(-n3ncc(C(=O)Nc4ccc5ccnn5c4)c3C(F)(F)F)cccc12. The average molecular weight is 452 g/mol. The predicted octanol–water partition coefficient (Wildman–Crippen LogP) is 4.35. The van der Waals surface area contributed by atoms with E-state index in [0.717, 1.165) is 11.7 Å². The van der Waals surface area contributed by atoms with Crippen molar-refractivity contribution in [3.8, 4) is 11.6 Å². The topological polar surface area (TPSA) is 86.3 Å². The molecule has 166 valence electrons. The molecule has 0 aliphatic heterocycles. The van der Waals surface area contributed by atoms with Crippen LogP contribution in [0, 0.1) is 0 Å². The normalized spacial score (nSPS) is 11.8. The Balaban J connectivity index is 1.61. The number of nitrogens with zero attached hydrogens (tertiary/aromatic N) is 5. The zero-order valence-corrected chi connectivity index (χ0v) is 17.0. The van der Waals surface area contributed by atoms with Gasteiger partial charge < -0.3 is 10.1 Å². The van der Waals surface area contributed by atoms with Crippen molar-refractivity contribution < 1.29 is 22.7 Å². The van der Waals surface area contributed by atoms with Crippen LogP contribution in [0.3, 0.4) is 0 Å². The Bertz CT molecular complexity index is 1510. The van der Waals surface area contributed by atoms with Crippen molar-refractivity contribution in [3.05, 3.63) is 78.5 Å². The maximum Gasteiger partial charge on any atom is 0.434 e. The Hall–Kier alpha value is -4.41. The van der Waals surface area contributed by atoms with E-state index in [1.807, 2.05) is 0 Å². The number of methoxy groups -OCH3 is 1. The Kier molecular flexibility index (Phi) is 4.73. The van der Waals surface area contributed by atoms with Gasteiger partial charge in [-0.1, -0.05) is 6.07 Å². The number of hydrogen-bond donors (Lipinski definition) is 1. The minimum Gasteiger partial charge on any atom is -0.481 e. The quantitative estimate of drug-likeness (QED) is 0.438. The molecule has 11 heteroatoms. The molecule has 8 nitrogen and oxygen atoms in total. The zero-order chi connectivity index (χ0) is 23.2. The number of ether oxygens (including phenoxy) is 1. The van der Waals surface area contributed by atoms with Crippen molar-refractivity contribution in [2.45, 2.75) is 6.18 Å². The van der Waals surface area contributed by atoms with Gasteiger partial charge in [0.1, 0.15) is 0 Å². The number of nitrogens with one attached hydrogen (secondary N) is 1. The van der Waals surface area contributed by atoms with E-state index in [-0.39, 0.29) is 17.3 Å². The van der Waals surface area contributed by atoms with Gasteiger partial charge in [0.25, 0.3) is 5.91 Å². The van der Waals surface area contributed by atoms with Gasteiger partial charge >= 0.3 is 6.18 Å². The van der Waals surface area contributed by atoms with Gasteiger partial charge in [-0.2, -0.15) is 23.4 Å². The van der Waals surface area contributed by atoms with Crippen molar-refractivity contribution in [1.29, 1.82) is 0 Å². The van der Waals surface area contributed by atoms with E-state index in [1.54, 1.807) is 42.6 Å². The van der Waals surface area contributed by atoms with Gasteiger partial charge in [-0.05, 0) is 36.4 Å². The molecule has 4 aromatic heterocycles. The molecule has 33 heavy (non-hydrogen) atoms. The number of amides is 1. The summed E-state index contributed by atoms with van der Waals surface area (Å²) in [5, 5.41) is 11.4. The molecule has 0 atom stereocenters. The van der Waals surface area contributed by atoms with Crippen LogP contribution >= 0.6 is 0 Å². The van der Waals surface area contributed by atoms with Gasteiger partial charge in [0.15, 0.2) is 5.69 Å². The molecule has 0 aliphatic rings. The molecule has 0 radical (unpaired) electrons. The van der Waals surface area contributed by atoms with E-state index in [0.29, 0.717) is 15.5 Å². The van der Waals surface area contributed by atoms with Crippen LogP contribution in [0.1, 0.15) is 16.1 Å². The van der Waals surface area contributed by atoms with Gasteiger partial charge in [-0.15, -0.1) is 0 Å². The first-order valence-electron chi connectivity index (χ1n) is 9.69. The molecule has 5 rings (SSSR count). The highest BCUT2D eigenvalue weighted by molar-refractivity contribution is 6.05. The number of hydrogen-bond acceptors (Lipinski definition) is 5. The summed E-state index contributed by atoms with van der Waals surface area (Å²) in [6.45, 7) is 0. The number of carbonyl (C=O) groups is 1. The highest BCUT2D eigenvalue weighted by Crippen LogP contribution is 2.36. The standard InChI is InChI=1S/C22H15F3N6O2/c1-33-21-16-3-2-4-18(15(16)8-9-26-21)31-19(22(23,24)25)17(11-28-31)20(32)29-13-5-6-14-7-10-27-30(14)12-13/h2-12H,1H3,(H,29,32). The average Bonchev–Trinajstić information content (AvgIpc) is 3.45. The van der Waals surface area contributed by atoms with E-state index >= 15 is 0 Å². The molecular formula is C22H15F3N6O2. The van der Waals surface area contributed by atoms with Gasteiger partial charge in [-0.3, -0.25) is 4.79 Å². The van der Waals surface area contributed by atoms with E-state index in [4.69, 9.17) is 4.74 Å². The lowest BCUT2D eigenvalue weighted by atomic mass is 10.1. The molecule has 0 aliphatic carbocycles. The fourth-order valence-electron chi connectivity index (χ4n) is 3.67. The van der Waals surface area contributed by atoms with Crippen molar-refractivity contribution >= 4 is 27.9 Å². The van der Waals surface area contributed by atoms with Crippen LogP contribution in [0.15, 0.2) is 67.3 Å². The molecule has 1 aromatic carbocycles. The minimum atomic E-state index is -4.85. The Morgan fingerprint density at radius 3 is 2.67 bits per heavy atom. The summed E-state index contributed by atoms with van der Waals surface area (Å²) in [5.74, 6) is -0.679. The van der Waals surface area contributed by atoms with E-state index in [2.05, 4.69) is 20.5 Å². The second-order valence-electron chi connectivity index (χ2n) is 7.08. The van der Waals surface area contributed by atoms with Crippen molar-refractivity contribution in [2.75, 3.05) is 12.4 Å². The molecule has 5 aromatic rings. The van der Waals surface area contributed by atoms with Gasteiger partial charge in [0.05, 0.1) is 42.0 Å². The third-order valence-electron chi connectivity index (χ3n) is 5.10. The van der Waals surface area contributed by atoms with Crippen LogP contribution < -0.4 is 10.1 Å². The third-order valence-corrected chi connectivity index (χ3v) is 5.10. The van der Waals surface area contributed by atoms with Crippen LogP contribution in [-0.2, 0) is 6.18 Å². The van der Waals surface area contributed by atoms with Crippen LogP contribution in [-0.4, -0.2) is 37.4 Å². The first-order valence-corrected chi connectivity index (χ1v) is 9.69. The summed E-state index contributed by atoms with van der Waals surface area (Å²) in [6, 6.07) is 11.3. The summed E-state index contributed by atoms with van der Waals surface area (Å²) in [5.41, 5.74) is -0.599. The molecule has 1 N–H and O–H groups in total. The van der Waals surface area contributed by atoms with Crippen molar-refractivity contribution in [3.63, 3.8) is 0 Å². The van der Waals surface area contributed by atoms with Crippen molar-refractivity contribution in [1.82, 2.24) is 24.4 Å². The van der Waals surface area contributed by atoms with Crippen LogP contribution in [0.2, 0.25) is 0 Å². The number of pyridine rings is 2. The zero-order valence-electron chi connectivity index (χ0n) is 17.0. The maximum absolute atomic E-state index is 14.1. The molecule has 0 saturated heterocycles. The van der Waals surface area contributed by atoms with Crippen LogP contribution in [0.5, 0.6) is 5.88 Å². The lowest BCUT2D eigenvalue weighted by Crippen LogP contribution is -2.21. The summed E-state index contributed by atoms with van der Waals surface area (Å²) < 4.78 is 49.9. The number of alkyl halides is 3. The van der Waals surface area contributed by atoms with Gasteiger partial charge in [0.2, 0.25) is 5.88 Å². The smallest absolute Gasteiger partial charge is 0.434 e. The lowest BCUT2D eigenvalue weighted by molar-refractivity contribution is -0.143. The minimum absolute atomic E-state index is 0.137. The van der Waals surface area contributed by atoms with Crippen LogP contribution in [0.4, 0.5) is 18.9 Å². The Labute approximate surface area is 184 Å².